The van der Waals surface area contributed by atoms with Crippen LogP contribution < -0.4 is 10.1 Å². The maximum absolute atomic E-state index is 12.3. The number of carboxylic acid groups (broad SMARTS) is 1. The third kappa shape index (κ3) is 5.60. The molecule has 6 nitrogen and oxygen atoms in total. The second-order valence-electron chi connectivity index (χ2n) is 5.78. The zero-order valence-corrected chi connectivity index (χ0v) is 14.4. The van der Waals surface area contributed by atoms with Gasteiger partial charge in [0.05, 0.1) is 6.20 Å². The molecule has 0 saturated carbocycles. The van der Waals surface area contributed by atoms with Crippen LogP contribution in [-0.2, 0) is 11.4 Å². The van der Waals surface area contributed by atoms with Gasteiger partial charge in [0.15, 0.2) is 0 Å². The first-order valence-corrected chi connectivity index (χ1v) is 8.17. The van der Waals surface area contributed by atoms with Gasteiger partial charge in [0.25, 0.3) is 5.91 Å². The summed E-state index contributed by atoms with van der Waals surface area (Å²) in [6.07, 6.45) is 2.72. The van der Waals surface area contributed by atoms with E-state index in [4.69, 9.17) is 9.84 Å². The number of hydrogen-bond donors (Lipinski definition) is 2. The van der Waals surface area contributed by atoms with Crippen molar-refractivity contribution < 1.29 is 19.4 Å². The molecule has 1 atom stereocenters. The summed E-state index contributed by atoms with van der Waals surface area (Å²) in [7, 11) is 0. The third-order valence-corrected chi connectivity index (χ3v) is 3.66. The molecule has 0 spiro atoms. The van der Waals surface area contributed by atoms with Crippen molar-refractivity contribution in [2.75, 3.05) is 0 Å². The van der Waals surface area contributed by atoms with Crippen molar-refractivity contribution in [2.24, 2.45) is 0 Å². The molecule has 1 heterocycles. The van der Waals surface area contributed by atoms with Crippen molar-refractivity contribution in [1.29, 1.82) is 0 Å². The van der Waals surface area contributed by atoms with Crippen molar-refractivity contribution in [3.63, 3.8) is 0 Å². The van der Waals surface area contributed by atoms with E-state index in [0.29, 0.717) is 30.8 Å². The SMILES string of the molecule is CCCC(NC(=O)c1cccc(COc2ccc(C)nc2)c1)C(=O)O. The molecule has 2 aromatic rings. The number of nitrogens with one attached hydrogen (secondary N) is 1. The Morgan fingerprint density at radius 2 is 2.08 bits per heavy atom. The Morgan fingerprint density at radius 1 is 1.28 bits per heavy atom. The first-order chi connectivity index (χ1) is 12.0. The molecule has 0 fully saturated rings. The van der Waals surface area contributed by atoms with Crippen molar-refractivity contribution in [3.05, 3.63) is 59.4 Å². The van der Waals surface area contributed by atoms with Gasteiger partial charge in [-0.05, 0) is 43.2 Å². The molecular weight excluding hydrogens is 320 g/mol. The zero-order chi connectivity index (χ0) is 18.2. The number of aromatic nitrogens is 1. The molecule has 25 heavy (non-hydrogen) atoms. The monoisotopic (exact) mass is 342 g/mol. The molecule has 1 aromatic carbocycles. The van der Waals surface area contributed by atoms with E-state index in [1.165, 1.54) is 0 Å². The highest BCUT2D eigenvalue weighted by molar-refractivity contribution is 5.96. The van der Waals surface area contributed by atoms with Crippen LogP contribution in [0.5, 0.6) is 5.75 Å². The van der Waals surface area contributed by atoms with Gasteiger partial charge in [0.2, 0.25) is 0 Å². The zero-order valence-electron chi connectivity index (χ0n) is 14.4. The van der Waals surface area contributed by atoms with Gasteiger partial charge in [-0.1, -0.05) is 25.5 Å². The van der Waals surface area contributed by atoms with Gasteiger partial charge in [0.1, 0.15) is 18.4 Å². The van der Waals surface area contributed by atoms with Gasteiger partial charge >= 0.3 is 5.97 Å². The van der Waals surface area contributed by atoms with E-state index < -0.39 is 17.9 Å². The molecule has 0 aliphatic rings. The quantitative estimate of drug-likeness (QED) is 0.770. The molecule has 1 aromatic heterocycles. The lowest BCUT2D eigenvalue weighted by atomic mass is 10.1. The highest BCUT2D eigenvalue weighted by Crippen LogP contribution is 2.13. The molecule has 1 unspecified atom stereocenters. The maximum atomic E-state index is 12.3. The number of carbonyl (C=O) groups excluding carboxylic acids is 1. The Labute approximate surface area is 146 Å². The second kappa shape index (κ2) is 8.82. The summed E-state index contributed by atoms with van der Waals surface area (Å²) in [6, 6.07) is 9.75. The van der Waals surface area contributed by atoms with Crippen molar-refractivity contribution in [1.82, 2.24) is 10.3 Å². The van der Waals surface area contributed by atoms with Crippen LogP contribution in [0.1, 0.15) is 41.4 Å². The van der Waals surface area contributed by atoms with Gasteiger partial charge < -0.3 is 15.2 Å². The summed E-state index contributed by atoms with van der Waals surface area (Å²) in [5.74, 6) is -0.782. The number of ether oxygens (including phenoxy) is 1. The molecule has 0 saturated heterocycles. The van der Waals surface area contributed by atoms with Crippen LogP contribution in [0.25, 0.3) is 0 Å². The van der Waals surface area contributed by atoms with Crippen LogP contribution in [0.4, 0.5) is 0 Å². The summed E-state index contributed by atoms with van der Waals surface area (Å²) in [4.78, 5) is 27.6. The van der Waals surface area contributed by atoms with Crippen molar-refractivity contribution in [3.8, 4) is 5.75 Å². The lowest BCUT2D eigenvalue weighted by Gasteiger charge is -2.14. The number of benzene rings is 1. The van der Waals surface area contributed by atoms with Crippen LogP contribution in [0, 0.1) is 6.92 Å². The molecule has 0 bridgehead atoms. The highest BCUT2D eigenvalue weighted by Gasteiger charge is 2.19. The number of amides is 1. The number of hydrogen-bond acceptors (Lipinski definition) is 4. The van der Waals surface area contributed by atoms with Crippen LogP contribution in [0.3, 0.4) is 0 Å². The summed E-state index contributed by atoms with van der Waals surface area (Å²) >= 11 is 0. The Balaban J connectivity index is 2.00. The summed E-state index contributed by atoms with van der Waals surface area (Å²) < 4.78 is 5.65. The molecular formula is C19H22N2O4. The Bertz CT molecular complexity index is 728. The molecule has 0 aliphatic heterocycles. The number of aryl methyl sites for hydroxylation is 1. The van der Waals surface area contributed by atoms with Gasteiger partial charge in [0, 0.05) is 11.3 Å². The van der Waals surface area contributed by atoms with Gasteiger partial charge in [-0.3, -0.25) is 9.78 Å². The lowest BCUT2D eigenvalue weighted by Crippen LogP contribution is -2.40. The van der Waals surface area contributed by atoms with E-state index in [-0.39, 0.29) is 0 Å². The van der Waals surface area contributed by atoms with E-state index in [1.807, 2.05) is 32.0 Å². The Kier molecular flexibility index (Phi) is 6.51. The van der Waals surface area contributed by atoms with E-state index >= 15 is 0 Å². The highest BCUT2D eigenvalue weighted by atomic mass is 16.5. The smallest absolute Gasteiger partial charge is 0.326 e. The molecule has 0 radical (unpaired) electrons. The minimum atomic E-state index is -1.03. The summed E-state index contributed by atoms with van der Waals surface area (Å²) in [5, 5.41) is 11.7. The molecule has 132 valence electrons. The number of aliphatic carboxylic acids is 1. The molecule has 2 N–H and O–H groups in total. The Hall–Kier alpha value is -2.89. The number of carbonyl (C=O) groups is 2. The molecule has 2 rings (SSSR count). The topological polar surface area (TPSA) is 88.5 Å². The normalized spacial score (nSPS) is 11.6. The number of carboxylic acids is 1. The number of pyridine rings is 1. The van der Waals surface area contributed by atoms with E-state index in [9.17, 15) is 9.59 Å². The minimum Gasteiger partial charge on any atom is -0.487 e. The van der Waals surface area contributed by atoms with E-state index in [0.717, 1.165) is 11.3 Å². The first kappa shape index (κ1) is 18.4. The van der Waals surface area contributed by atoms with Gasteiger partial charge in [-0.15, -0.1) is 0 Å². The predicted molar refractivity (Wildman–Crippen MR) is 93.5 cm³/mol. The van der Waals surface area contributed by atoms with Crippen LogP contribution in [-0.4, -0.2) is 28.0 Å². The molecule has 0 aliphatic carbocycles. The van der Waals surface area contributed by atoms with Crippen molar-refractivity contribution in [2.45, 2.75) is 39.3 Å². The van der Waals surface area contributed by atoms with Crippen LogP contribution in [0.2, 0.25) is 0 Å². The van der Waals surface area contributed by atoms with Gasteiger partial charge in [-0.2, -0.15) is 0 Å². The second-order valence-corrected chi connectivity index (χ2v) is 5.78. The average molecular weight is 342 g/mol. The fourth-order valence-electron chi connectivity index (χ4n) is 2.30. The molecule has 6 heteroatoms. The van der Waals surface area contributed by atoms with E-state index in [1.54, 1.807) is 24.4 Å². The molecule has 1 amide bonds. The maximum Gasteiger partial charge on any atom is 0.326 e. The predicted octanol–water partition coefficient (Wildman–Crippen LogP) is 2.95. The fraction of sp³-hybridized carbons (Fsp3) is 0.316. The van der Waals surface area contributed by atoms with Crippen LogP contribution in [0.15, 0.2) is 42.6 Å². The number of nitrogens with zero attached hydrogens (tertiary/aromatic N) is 1. The largest absolute Gasteiger partial charge is 0.487 e. The minimum absolute atomic E-state index is 0.295. The summed E-state index contributed by atoms with van der Waals surface area (Å²) in [6.45, 7) is 4.07. The summed E-state index contributed by atoms with van der Waals surface area (Å²) in [5.41, 5.74) is 2.13. The van der Waals surface area contributed by atoms with Crippen molar-refractivity contribution >= 4 is 11.9 Å². The number of rotatable bonds is 8. The first-order valence-electron chi connectivity index (χ1n) is 8.17. The third-order valence-electron chi connectivity index (χ3n) is 3.66. The van der Waals surface area contributed by atoms with E-state index in [2.05, 4.69) is 10.3 Å². The van der Waals surface area contributed by atoms with Crippen LogP contribution >= 0.6 is 0 Å². The fourth-order valence-corrected chi connectivity index (χ4v) is 2.30. The Morgan fingerprint density at radius 3 is 2.72 bits per heavy atom. The average Bonchev–Trinajstić information content (AvgIpc) is 2.61. The van der Waals surface area contributed by atoms with Gasteiger partial charge in [-0.25, -0.2) is 4.79 Å². The lowest BCUT2D eigenvalue weighted by molar-refractivity contribution is -0.139. The standard InChI is InChI=1S/C19H22N2O4/c1-3-5-17(19(23)24)21-18(22)15-7-4-6-14(10-15)12-25-16-9-8-13(2)20-11-16/h4,6-11,17H,3,5,12H2,1-2H3,(H,21,22)(H,23,24).